The van der Waals surface area contributed by atoms with Gasteiger partial charge < -0.3 is 18.9 Å². The van der Waals surface area contributed by atoms with Gasteiger partial charge in [-0.25, -0.2) is 9.79 Å². The van der Waals surface area contributed by atoms with Crippen LogP contribution >= 0.6 is 27.3 Å². The topological polar surface area (TPSA) is 88.4 Å². The molecular formula is C38H35BrN2O6S. The fourth-order valence-electron chi connectivity index (χ4n) is 5.75. The van der Waals surface area contributed by atoms with E-state index in [4.69, 9.17) is 23.9 Å². The number of carbonyl (C=O) groups is 1. The Morgan fingerprint density at radius 2 is 1.77 bits per heavy atom. The number of halogens is 1. The molecule has 6 rings (SSSR count). The molecule has 0 bridgehead atoms. The Balaban J connectivity index is 1.40. The summed E-state index contributed by atoms with van der Waals surface area (Å²) in [4.78, 5) is 32.8. The van der Waals surface area contributed by atoms with Crippen LogP contribution in [0.2, 0.25) is 0 Å². The number of allylic oxidation sites excluding steroid dienone is 1. The first-order chi connectivity index (χ1) is 23.2. The van der Waals surface area contributed by atoms with Gasteiger partial charge in [-0.2, -0.15) is 0 Å². The third-order valence-corrected chi connectivity index (χ3v) is 9.41. The van der Waals surface area contributed by atoms with Gasteiger partial charge in [0.15, 0.2) is 16.3 Å². The summed E-state index contributed by atoms with van der Waals surface area (Å²) in [5.41, 5.74) is 2.93. The van der Waals surface area contributed by atoms with Gasteiger partial charge in [0.2, 0.25) is 0 Å². The molecule has 5 aromatic rings. The van der Waals surface area contributed by atoms with Crippen molar-refractivity contribution < 1.29 is 23.7 Å². The van der Waals surface area contributed by atoms with E-state index in [-0.39, 0.29) is 18.3 Å². The van der Waals surface area contributed by atoms with Gasteiger partial charge in [0.05, 0.1) is 40.1 Å². The van der Waals surface area contributed by atoms with Gasteiger partial charge in [-0.05, 0) is 95.9 Å². The van der Waals surface area contributed by atoms with Gasteiger partial charge in [0.1, 0.15) is 18.4 Å². The molecule has 0 fully saturated rings. The number of esters is 1. The molecule has 0 aliphatic carbocycles. The molecule has 4 aromatic carbocycles. The van der Waals surface area contributed by atoms with Crippen molar-refractivity contribution in [2.75, 3.05) is 13.7 Å². The highest BCUT2D eigenvalue weighted by Crippen LogP contribution is 2.38. The number of benzene rings is 4. The van der Waals surface area contributed by atoms with Crippen molar-refractivity contribution in [3.05, 3.63) is 131 Å². The largest absolute Gasteiger partial charge is 0.493 e. The van der Waals surface area contributed by atoms with Gasteiger partial charge >= 0.3 is 5.97 Å². The number of methoxy groups -OCH3 is 1. The summed E-state index contributed by atoms with van der Waals surface area (Å²) in [5, 5.41) is 2.31. The Morgan fingerprint density at radius 1 is 1.02 bits per heavy atom. The van der Waals surface area contributed by atoms with Crippen LogP contribution in [-0.4, -0.2) is 30.4 Å². The lowest BCUT2D eigenvalue weighted by atomic mass is 9.95. The van der Waals surface area contributed by atoms with E-state index in [1.54, 1.807) is 31.6 Å². The van der Waals surface area contributed by atoms with Crippen LogP contribution in [0.3, 0.4) is 0 Å². The number of hydrogen-bond donors (Lipinski definition) is 0. The molecular weight excluding hydrogens is 692 g/mol. The maximum atomic E-state index is 14.2. The Bertz CT molecular complexity index is 2240. The molecule has 0 amide bonds. The predicted octanol–water partition coefficient (Wildman–Crippen LogP) is 7.09. The van der Waals surface area contributed by atoms with Crippen molar-refractivity contribution >= 4 is 50.1 Å². The number of rotatable bonds is 10. The second-order valence-electron chi connectivity index (χ2n) is 11.5. The molecule has 48 heavy (non-hydrogen) atoms. The molecule has 0 N–H and O–H groups in total. The van der Waals surface area contributed by atoms with Crippen LogP contribution in [0, 0.1) is 0 Å². The normalized spacial score (nSPS) is 14.6. The average molecular weight is 728 g/mol. The molecule has 0 spiro atoms. The second-order valence-corrected chi connectivity index (χ2v) is 13.4. The fraction of sp³-hybridized carbons (Fsp3) is 0.237. The summed E-state index contributed by atoms with van der Waals surface area (Å²) < 4.78 is 26.2. The van der Waals surface area contributed by atoms with Crippen molar-refractivity contribution in [3.8, 4) is 17.2 Å². The van der Waals surface area contributed by atoms with E-state index in [2.05, 4.69) is 40.2 Å². The number of carbonyl (C=O) groups excluding carboxylic acids is 1. The first-order valence-electron chi connectivity index (χ1n) is 15.6. The van der Waals surface area contributed by atoms with E-state index in [1.165, 1.54) is 16.7 Å². The van der Waals surface area contributed by atoms with Crippen LogP contribution in [0.25, 0.3) is 16.8 Å². The predicted molar refractivity (Wildman–Crippen MR) is 192 cm³/mol. The summed E-state index contributed by atoms with van der Waals surface area (Å²) in [5.74, 6) is 1.13. The molecule has 8 nitrogen and oxygen atoms in total. The molecule has 2 heterocycles. The van der Waals surface area contributed by atoms with Crippen molar-refractivity contribution in [3.63, 3.8) is 0 Å². The standard InChI is InChI=1S/C38H35BrN2O6S/c1-6-45-37(43)33-23(4)40-38-41(34(33)28-13-9-10-14-30(28)47-22(2)3)36(42)32(48-38)20-25-18-29(39)35(31(19-25)44-5)46-21-24-15-16-26-11-7-8-12-27(26)17-24/h7-20,22,34H,6,21H2,1-5H3/b32-20+/t34-/m1/s1. The van der Waals surface area contributed by atoms with Crippen LogP contribution in [0.1, 0.15) is 50.4 Å². The minimum Gasteiger partial charge on any atom is -0.493 e. The first kappa shape index (κ1) is 33.2. The van der Waals surface area contributed by atoms with Crippen LogP contribution in [0.15, 0.2) is 104 Å². The maximum Gasteiger partial charge on any atom is 0.338 e. The van der Waals surface area contributed by atoms with Crippen LogP contribution in [0.4, 0.5) is 0 Å². The Hall–Kier alpha value is -4.67. The zero-order valence-electron chi connectivity index (χ0n) is 27.3. The average Bonchev–Trinajstić information content (AvgIpc) is 3.36. The van der Waals surface area contributed by atoms with Gasteiger partial charge in [-0.3, -0.25) is 9.36 Å². The van der Waals surface area contributed by atoms with Crippen molar-refractivity contribution in [2.24, 2.45) is 4.99 Å². The van der Waals surface area contributed by atoms with E-state index < -0.39 is 12.0 Å². The Morgan fingerprint density at radius 3 is 2.52 bits per heavy atom. The monoisotopic (exact) mass is 726 g/mol. The zero-order valence-corrected chi connectivity index (χ0v) is 29.7. The minimum absolute atomic E-state index is 0.119. The number of thiazole rings is 1. The lowest BCUT2D eigenvalue weighted by Gasteiger charge is -2.26. The van der Waals surface area contributed by atoms with Gasteiger partial charge in [-0.1, -0.05) is 65.9 Å². The quantitative estimate of drug-likeness (QED) is 0.143. The Kier molecular flexibility index (Phi) is 9.84. The second kappa shape index (κ2) is 14.2. The molecule has 1 aliphatic heterocycles. The summed E-state index contributed by atoms with van der Waals surface area (Å²) in [6.07, 6.45) is 1.67. The summed E-state index contributed by atoms with van der Waals surface area (Å²) in [6.45, 7) is 7.92. The van der Waals surface area contributed by atoms with Crippen LogP contribution in [-0.2, 0) is 16.1 Å². The molecule has 246 valence electrons. The van der Waals surface area contributed by atoms with E-state index in [0.29, 0.717) is 54.5 Å². The number of hydrogen-bond acceptors (Lipinski definition) is 8. The van der Waals surface area contributed by atoms with Crippen molar-refractivity contribution in [1.82, 2.24) is 4.57 Å². The van der Waals surface area contributed by atoms with E-state index in [9.17, 15) is 9.59 Å². The summed E-state index contributed by atoms with van der Waals surface area (Å²) >= 11 is 4.91. The first-order valence-corrected chi connectivity index (χ1v) is 17.2. The van der Waals surface area contributed by atoms with E-state index >= 15 is 0 Å². The number of aromatic nitrogens is 1. The highest BCUT2D eigenvalue weighted by Gasteiger charge is 2.35. The van der Waals surface area contributed by atoms with Crippen molar-refractivity contribution in [2.45, 2.75) is 46.4 Å². The molecule has 1 aliphatic rings. The Labute approximate surface area is 290 Å². The van der Waals surface area contributed by atoms with E-state index in [1.807, 2.05) is 68.4 Å². The number of ether oxygens (including phenoxy) is 4. The molecule has 0 radical (unpaired) electrons. The summed E-state index contributed by atoms with van der Waals surface area (Å²) in [6, 6.07) is 24.8. The van der Waals surface area contributed by atoms with Crippen LogP contribution in [0.5, 0.6) is 17.2 Å². The highest BCUT2D eigenvalue weighted by atomic mass is 79.9. The lowest BCUT2D eigenvalue weighted by Crippen LogP contribution is -2.40. The number of para-hydroxylation sites is 1. The highest BCUT2D eigenvalue weighted by molar-refractivity contribution is 9.10. The molecule has 0 saturated heterocycles. The number of fused-ring (bicyclic) bond motifs is 2. The maximum absolute atomic E-state index is 14.2. The van der Waals surface area contributed by atoms with Gasteiger partial charge in [0.25, 0.3) is 5.56 Å². The minimum atomic E-state index is -0.787. The zero-order chi connectivity index (χ0) is 33.9. The molecule has 0 saturated carbocycles. The third-order valence-electron chi connectivity index (χ3n) is 7.84. The smallest absolute Gasteiger partial charge is 0.338 e. The molecule has 10 heteroatoms. The molecule has 1 atom stereocenters. The molecule has 1 aromatic heterocycles. The summed E-state index contributed by atoms with van der Waals surface area (Å²) in [7, 11) is 1.58. The number of nitrogens with zero attached hydrogens (tertiary/aromatic N) is 2. The lowest BCUT2D eigenvalue weighted by molar-refractivity contribution is -0.139. The van der Waals surface area contributed by atoms with Gasteiger partial charge in [-0.15, -0.1) is 0 Å². The van der Waals surface area contributed by atoms with Gasteiger partial charge in [0, 0.05) is 5.56 Å². The van der Waals surface area contributed by atoms with E-state index in [0.717, 1.165) is 16.5 Å². The molecule has 0 unspecified atom stereocenters. The fourth-order valence-corrected chi connectivity index (χ4v) is 7.37. The van der Waals surface area contributed by atoms with Crippen molar-refractivity contribution in [1.29, 1.82) is 0 Å². The SMILES string of the molecule is CCOC(=O)C1=C(C)N=c2s/c(=C/c3cc(Br)c(OCc4ccc5ccccc5c4)c(OC)c3)c(=O)n2[C@@H]1c1ccccc1OC(C)C. The van der Waals surface area contributed by atoms with Crippen LogP contribution < -0.4 is 29.1 Å². The third kappa shape index (κ3) is 6.68.